The molecule has 0 atom stereocenters. The number of benzene rings is 1. The largest absolute Gasteiger partial charge is 0.400 e. The molecule has 7 heteroatoms. The van der Waals surface area contributed by atoms with Crippen molar-refractivity contribution in [2.75, 3.05) is 60.7 Å². The Kier molecular flexibility index (Phi) is 15.1. The predicted octanol–water partition coefficient (Wildman–Crippen LogP) is 1.65. The maximum Gasteiger partial charge on any atom is 0.0904 e. The zero-order valence-corrected chi connectivity index (χ0v) is 18.3. The van der Waals surface area contributed by atoms with Gasteiger partial charge in [0.05, 0.1) is 24.4 Å². The fourth-order valence-corrected chi connectivity index (χ4v) is 3.69. The number of aliphatic hydroxyl groups is 3. The molecular weight excluding hydrogens is 384 g/mol. The first kappa shape index (κ1) is 28.9. The lowest BCUT2D eigenvalue weighted by Gasteiger charge is -2.37. The van der Waals surface area contributed by atoms with Crippen LogP contribution >= 0.6 is 0 Å². The van der Waals surface area contributed by atoms with E-state index in [1.165, 1.54) is 5.56 Å². The molecule has 0 unspecified atom stereocenters. The van der Waals surface area contributed by atoms with Crippen molar-refractivity contribution in [1.29, 1.82) is 0 Å². The number of nitrogens with zero attached hydrogens (tertiary/aromatic N) is 1. The van der Waals surface area contributed by atoms with Gasteiger partial charge in [0.1, 0.15) is 0 Å². The summed E-state index contributed by atoms with van der Waals surface area (Å²) in [4.78, 5) is 2.39. The molecular formula is C23H44N2O5. The standard InChI is InChI=1S/C14H21NO2.C7H15NO2.CH4O.CH4/c1-17-12-14(16)7-9-15(10-8-14)11-13-5-3-2-4-6-13;1-10-6-7(9)2-4-8-5-3-7;1-2;/h2-6,16H,7-12H2,1H3;8-9H,2-6H2,1H3;2H,1H3;1H4. The highest BCUT2D eigenvalue weighted by Gasteiger charge is 2.32. The third-order valence-corrected chi connectivity index (χ3v) is 5.40. The van der Waals surface area contributed by atoms with Crippen molar-refractivity contribution < 1.29 is 24.8 Å². The van der Waals surface area contributed by atoms with Gasteiger partial charge in [-0.1, -0.05) is 37.8 Å². The molecule has 4 N–H and O–H groups in total. The van der Waals surface area contributed by atoms with Gasteiger partial charge in [-0.3, -0.25) is 4.90 Å². The Balaban J connectivity index is 0.000000557. The quantitative estimate of drug-likeness (QED) is 0.547. The molecule has 0 saturated carbocycles. The van der Waals surface area contributed by atoms with Crippen LogP contribution < -0.4 is 5.32 Å². The van der Waals surface area contributed by atoms with Crippen molar-refractivity contribution in [2.24, 2.45) is 0 Å². The van der Waals surface area contributed by atoms with Crippen molar-refractivity contribution in [3.8, 4) is 0 Å². The van der Waals surface area contributed by atoms with E-state index in [-0.39, 0.29) is 7.43 Å². The van der Waals surface area contributed by atoms with E-state index < -0.39 is 11.2 Å². The van der Waals surface area contributed by atoms with Crippen LogP contribution in [-0.4, -0.2) is 92.1 Å². The van der Waals surface area contributed by atoms with E-state index in [9.17, 15) is 10.2 Å². The molecule has 2 heterocycles. The molecule has 0 aromatic heterocycles. The molecule has 2 aliphatic rings. The Morgan fingerprint density at radius 1 is 0.867 bits per heavy atom. The number of likely N-dealkylation sites (tertiary alicyclic amines) is 1. The van der Waals surface area contributed by atoms with E-state index in [0.717, 1.165) is 65.5 Å². The van der Waals surface area contributed by atoms with Crippen LogP contribution in [0.5, 0.6) is 0 Å². The number of rotatable bonds is 6. The van der Waals surface area contributed by atoms with Crippen molar-refractivity contribution >= 4 is 0 Å². The highest BCUT2D eigenvalue weighted by Crippen LogP contribution is 2.23. The summed E-state index contributed by atoms with van der Waals surface area (Å²) in [5, 5.41) is 30.1. The van der Waals surface area contributed by atoms with Crippen LogP contribution in [0.3, 0.4) is 0 Å². The Morgan fingerprint density at radius 3 is 1.80 bits per heavy atom. The molecule has 176 valence electrons. The minimum Gasteiger partial charge on any atom is -0.400 e. The Hall–Kier alpha value is -1.06. The van der Waals surface area contributed by atoms with Crippen LogP contribution in [0.15, 0.2) is 30.3 Å². The van der Waals surface area contributed by atoms with E-state index in [4.69, 9.17) is 14.6 Å². The van der Waals surface area contributed by atoms with Crippen molar-refractivity contribution in [2.45, 2.75) is 50.9 Å². The van der Waals surface area contributed by atoms with Crippen LogP contribution in [0.4, 0.5) is 0 Å². The molecule has 0 amide bonds. The molecule has 0 spiro atoms. The summed E-state index contributed by atoms with van der Waals surface area (Å²) < 4.78 is 9.98. The van der Waals surface area contributed by atoms with E-state index in [0.29, 0.717) is 13.2 Å². The molecule has 0 bridgehead atoms. The minimum absolute atomic E-state index is 0. The number of piperidine rings is 2. The number of hydrogen-bond acceptors (Lipinski definition) is 7. The van der Waals surface area contributed by atoms with Gasteiger partial charge >= 0.3 is 0 Å². The monoisotopic (exact) mass is 428 g/mol. The lowest BCUT2D eigenvalue weighted by Crippen LogP contribution is -2.46. The highest BCUT2D eigenvalue weighted by molar-refractivity contribution is 5.14. The summed E-state index contributed by atoms with van der Waals surface area (Å²) in [6.45, 7) is 5.58. The van der Waals surface area contributed by atoms with Gasteiger partial charge in [0, 0.05) is 41.0 Å². The van der Waals surface area contributed by atoms with Crippen molar-refractivity contribution in [1.82, 2.24) is 10.2 Å². The molecule has 2 aliphatic heterocycles. The summed E-state index contributed by atoms with van der Waals surface area (Å²) >= 11 is 0. The predicted molar refractivity (Wildman–Crippen MR) is 122 cm³/mol. The number of nitrogens with one attached hydrogen (secondary N) is 1. The average Bonchev–Trinajstić information content (AvgIpc) is 2.73. The second-order valence-electron chi connectivity index (χ2n) is 7.83. The molecule has 2 saturated heterocycles. The zero-order chi connectivity index (χ0) is 21.6. The van der Waals surface area contributed by atoms with Crippen LogP contribution in [0.2, 0.25) is 0 Å². The minimum atomic E-state index is -0.609. The van der Waals surface area contributed by atoms with E-state index in [1.54, 1.807) is 14.2 Å². The summed E-state index contributed by atoms with van der Waals surface area (Å²) in [5.74, 6) is 0. The van der Waals surface area contributed by atoms with Crippen LogP contribution in [0, 0.1) is 0 Å². The Labute approximate surface area is 183 Å². The number of hydrogen-bond donors (Lipinski definition) is 4. The lowest BCUT2D eigenvalue weighted by atomic mass is 9.92. The normalized spacial score (nSPS) is 19.9. The van der Waals surface area contributed by atoms with Gasteiger partial charge < -0.3 is 30.1 Å². The van der Waals surface area contributed by atoms with Gasteiger partial charge in [-0.25, -0.2) is 0 Å². The third kappa shape index (κ3) is 10.8. The van der Waals surface area contributed by atoms with Gasteiger partial charge in [0.2, 0.25) is 0 Å². The first-order valence-corrected chi connectivity index (χ1v) is 10.3. The number of ether oxygens (including phenoxy) is 2. The van der Waals surface area contributed by atoms with Gasteiger partial charge in [0.25, 0.3) is 0 Å². The Bertz CT molecular complexity index is 510. The van der Waals surface area contributed by atoms with E-state index in [1.807, 2.05) is 6.07 Å². The number of aliphatic hydroxyl groups excluding tert-OH is 1. The molecule has 0 aliphatic carbocycles. The smallest absolute Gasteiger partial charge is 0.0904 e. The second-order valence-corrected chi connectivity index (χ2v) is 7.83. The lowest BCUT2D eigenvalue weighted by molar-refractivity contribution is -0.0719. The van der Waals surface area contributed by atoms with E-state index >= 15 is 0 Å². The highest BCUT2D eigenvalue weighted by atomic mass is 16.5. The number of methoxy groups -OCH3 is 2. The molecule has 7 nitrogen and oxygen atoms in total. The fraction of sp³-hybridized carbons (Fsp3) is 0.739. The second kappa shape index (κ2) is 15.7. The van der Waals surface area contributed by atoms with Gasteiger partial charge in [0.15, 0.2) is 0 Å². The van der Waals surface area contributed by atoms with Crippen LogP contribution in [0.25, 0.3) is 0 Å². The summed E-state index contributed by atoms with van der Waals surface area (Å²) in [6.07, 6.45) is 3.21. The average molecular weight is 429 g/mol. The first-order valence-electron chi connectivity index (χ1n) is 10.3. The van der Waals surface area contributed by atoms with Crippen molar-refractivity contribution in [3.63, 3.8) is 0 Å². The molecule has 2 fully saturated rings. The van der Waals surface area contributed by atoms with Gasteiger partial charge in [-0.15, -0.1) is 0 Å². The zero-order valence-electron chi connectivity index (χ0n) is 18.3. The van der Waals surface area contributed by atoms with Gasteiger partial charge in [-0.05, 0) is 44.3 Å². The van der Waals surface area contributed by atoms with Crippen LogP contribution in [0.1, 0.15) is 38.7 Å². The van der Waals surface area contributed by atoms with Crippen LogP contribution in [-0.2, 0) is 16.0 Å². The molecule has 1 aromatic carbocycles. The molecule has 0 radical (unpaired) electrons. The summed E-state index contributed by atoms with van der Waals surface area (Å²) in [5.41, 5.74) is 0.173. The maximum absolute atomic E-state index is 10.2. The fourth-order valence-electron chi connectivity index (χ4n) is 3.69. The van der Waals surface area contributed by atoms with Crippen molar-refractivity contribution in [3.05, 3.63) is 35.9 Å². The van der Waals surface area contributed by atoms with Gasteiger partial charge in [-0.2, -0.15) is 0 Å². The topological polar surface area (TPSA) is 94.4 Å². The molecule has 1 aromatic rings. The Morgan fingerprint density at radius 2 is 1.33 bits per heavy atom. The molecule has 30 heavy (non-hydrogen) atoms. The molecule has 3 rings (SSSR count). The maximum atomic E-state index is 10.2. The summed E-state index contributed by atoms with van der Waals surface area (Å²) in [6, 6.07) is 10.5. The summed E-state index contributed by atoms with van der Waals surface area (Å²) in [7, 11) is 4.27. The third-order valence-electron chi connectivity index (χ3n) is 5.40. The van der Waals surface area contributed by atoms with E-state index in [2.05, 4.69) is 34.5 Å². The SMILES string of the molecule is C.CO.COCC1(O)CCN(Cc2ccccc2)CC1.COCC1(O)CCNCC1. The first-order chi connectivity index (χ1) is 14.0.